The standard InChI is InChI=1S/C13H10F2IN/c14-12-6-1-3-9(13(12)15)8-17-11-5-2-4-10(16)7-11/h1-7,17H,8H2. The predicted octanol–water partition coefficient (Wildman–Crippen LogP) is 4.18. The molecule has 2 aromatic carbocycles. The summed E-state index contributed by atoms with van der Waals surface area (Å²) >= 11 is 2.20. The van der Waals surface area contributed by atoms with Crippen molar-refractivity contribution in [1.29, 1.82) is 0 Å². The Balaban J connectivity index is 2.10. The quantitative estimate of drug-likeness (QED) is 0.823. The van der Waals surface area contributed by atoms with E-state index in [1.165, 1.54) is 6.07 Å². The fourth-order valence-electron chi connectivity index (χ4n) is 1.48. The van der Waals surface area contributed by atoms with Crippen LogP contribution in [0.5, 0.6) is 0 Å². The second-order valence-electron chi connectivity index (χ2n) is 3.58. The van der Waals surface area contributed by atoms with Crippen LogP contribution in [0.3, 0.4) is 0 Å². The van der Waals surface area contributed by atoms with E-state index in [0.29, 0.717) is 5.56 Å². The van der Waals surface area contributed by atoms with Gasteiger partial charge in [0.1, 0.15) is 0 Å². The van der Waals surface area contributed by atoms with Gasteiger partial charge in [0.15, 0.2) is 11.6 Å². The van der Waals surface area contributed by atoms with Crippen LogP contribution in [0.2, 0.25) is 0 Å². The van der Waals surface area contributed by atoms with Crippen LogP contribution in [-0.2, 0) is 6.54 Å². The molecule has 0 fully saturated rings. The summed E-state index contributed by atoms with van der Waals surface area (Å²) in [7, 11) is 0. The maximum Gasteiger partial charge on any atom is 0.163 e. The lowest BCUT2D eigenvalue weighted by Crippen LogP contribution is -2.03. The molecule has 0 bridgehead atoms. The molecule has 2 aromatic rings. The van der Waals surface area contributed by atoms with Crippen molar-refractivity contribution in [3.8, 4) is 0 Å². The molecule has 0 aliphatic carbocycles. The number of rotatable bonds is 3. The summed E-state index contributed by atoms with van der Waals surface area (Å²) in [6, 6.07) is 11.9. The second kappa shape index (κ2) is 5.44. The lowest BCUT2D eigenvalue weighted by Gasteiger charge is -2.08. The van der Waals surface area contributed by atoms with E-state index in [2.05, 4.69) is 27.9 Å². The van der Waals surface area contributed by atoms with Gasteiger partial charge in [-0.2, -0.15) is 0 Å². The molecule has 0 saturated heterocycles. The van der Waals surface area contributed by atoms with Crippen LogP contribution < -0.4 is 5.32 Å². The summed E-state index contributed by atoms with van der Waals surface area (Å²) < 4.78 is 27.4. The topological polar surface area (TPSA) is 12.0 Å². The summed E-state index contributed by atoms with van der Waals surface area (Å²) in [4.78, 5) is 0. The summed E-state index contributed by atoms with van der Waals surface area (Å²) in [6.07, 6.45) is 0. The Morgan fingerprint density at radius 1 is 1.06 bits per heavy atom. The van der Waals surface area contributed by atoms with Crippen molar-refractivity contribution in [2.75, 3.05) is 5.32 Å². The lowest BCUT2D eigenvalue weighted by molar-refractivity contribution is 0.500. The number of nitrogens with one attached hydrogen (secondary N) is 1. The molecule has 88 valence electrons. The largest absolute Gasteiger partial charge is 0.381 e. The highest BCUT2D eigenvalue weighted by Crippen LogP contribution is 2.16. The average Bonchev–Trinajstić information content (AvgIpc) is 2.31. The van der Waals surface area contributed by atoms with Gasteiger partial charge in [-0.3, -0.25) is 0 Å². The molecule has 0 radical (unpaired) electrons. The van der Waals surface area contributed by atoms with E-state index in [1.807, 2.05) is 24.3 Å². The van der Waals surface area contributed by atoms with Crippen molar-refractivity contribution in [2.45, 2.75) is 6.54 Å². The van der Waals surface area contributed by atoms with Crippen LogP contribution in [0.4, 0.5) is 14.5 Å². The van der Waals surface area contributed by atoms with E-state index < -0.39 is 11.6 Å². The van der Waals surface area contributed by atoms with Crippen molar-refractivity contribution < 1.29 is 8.78 Å². The molecule has 0 heterocycles. The molecule has 2 rings (SSSR count). The number of benzene rings is 2. The Kier molecular flexibility index (Phi) is 3.93. The Labute approximate surface area is 112 Å². The highest BCUT2D eigenvalue weighted by atomic mass is 127. The molecule has 0 atom stereocenters. The van der Waals surface area contributed by atoms with Crippen LogP contribution in [0.15, 0.2) is 42.5 Å². The smallest absolute Gasteiger partial charge is 0.163 e. The van der Waals surface area contributed by atoms with E-state index >= 15 is 0 Å². The van der Waals surface area contributed by atoms with Gasteiger partial charge in [-0.25, -0.2) is 8.78 Å². The van der Waals surface area contributed by atoms with Crippen molar-refractivity contribution in [3.05, 3.63) is 63.2 Å². The summed E-state index contributed by atoms with van der Waals surface area (Å²) in [5, 5.41) is 3.06. The van der Waals surface area contributed by atoms with E-state index in [9.17, 15) is 8.78 Å². The Hall–Kier alpha value is -1.17. The molecule has 0 unspecified atom stereocenters. The van der Waals surface area contributed by atoms with Gasteiger partial charge in [0, 0.05) is 21.4 Å². The van der Waals surface area contributed by atoms with E-state index in [1.54, 1.807) is 6.07 Å². The molecule has 17 heavy (non-hydrogen) atoms. The molecule has 0 aromatic heterocycles. The second-order valence-corrected chi connectivity index (χ2v) is 4.82. The maximum atomic E-state index is 13.4. The summed E-state index contributed by atoms with van der Waals surface area (Å²) in [5.41, 5.74) is 1.21. The zero-order valence-electron chi connectivity index (χ0n) is 8.88. The summed E-state index contributed by atoms with van der Waals surface area (Å²) in [5.74, 6) is -1.60. The minimum atomic E-state index is -0.813. The molecule has 1 N–H and O–H groups in total. The van der Waals surface area contributed by atoms with Crippen molar-refractivity contribution >= 4 is 28.3 Å². The first-order valence-corrected chi connectivity index (χ1v) is 6.17. The molecule has 0 spiro atoms. The van der Waals surface area contributed by atoms with Crippen LogP contribution in [0.1, 0.15) is 5.56 Å². The molecule has 1 nitrogen and oxygen atoms in total. The van der Waals surface area contributed by atoms with Gasteiger partial charge in [-0.15, -0.1) is 0 Å². The van der Waals surface area contributed by atoms with Gasteiger partial charge in [0.25, 0.3) is 0 Å². The molecule has 0 aliphatic heterocycles. The zero-order chi connectivity index (χ0) is 12.3. The third kappa shape index (κ3) is 3.15. The number of halogens is 3. The van der Waals surface area contributed by atoms with Crippen LogP contribution in [0, 0.1) is 15.2 Å². The van der Waals surface area contributed by atoms with Gasteiger partial charge >= 0.3 is 0 Å². The van der Waals surface area contributed by atoms with Gasteiger partial charge in [0.05, 0.1) is 0 Å². The molecule has 0 amide bonds. The fraction of sp³-hybridized carbons (Fsp3) is 0.0769. The van der Waals surface area contributed by atoms with Crippen LogP contribution in [-0.4, -0.2) is 0 Å². The fourth-order valence-corrected chi connectivity index (χ4v) is 2.02. The van der Waals surface area contributed by atoms with Crippen LogP contribution >= 0.6 is 22.6 Å². The highest BCUT2D eigenvalue weighted by molar-refractivity contribution is 14.1. The molecule has 0 saturated carbocycles. The Bertz CT molecular complexity index is 529. The van der Waals surface area contributed by atoms with Gasteiger partial charge < -0.3 is 5.32 Å². The van der Waals surface area contributed by atoms with Crippen molar-refractivity contribution in [2.24, 2.45) is 0 Å². The maximum absolute atomic E-state index is 13.4. The highest BCUT2D eigenvalue weighted by Gasteiger charge is 2.06. The van der Waals surface area contributed by atoms with E-state index in [-0.39, 0.29) is 6.54 Å². The third-order valence-electron chi connectivity index (χ3n) is 2.34. The van der Waals surface area contributed by atoms with Crippen molar-refractivity contribution in [3.63, 3.8) is 0 Å². The molecular weight excluding hydrogens is 335 g/mol. The Morgan fingerprint density at radius 2 is 1.82 bits per heavy atom. The Morgan fingerprint density at radius 3 is 2.59 bits per heavy atom. The number of hydrogen-bond donors (Lipinski definition) is 1. The van der Waals surface area contributed by atoms with Gasteiger partial charge in [0.2, 0.25) is 0 Å². The third-order valence-corrected chi connectivity index (χ3v) is 3.01. The first-order valence-electron chi connectivity index (χ1n) is 5.09. The SMILES string of the molecule is Fc1cccc(CNc2cccc(I)c2)c1F. The minimum absolute atomic E-state index is 0.268. The molecule has 4 heteroatoms. The van der Waals surface area contributed by atoms with E-state index in [0.717, 1.165) is 15.3 Å². The average molecular weight is 345 g/mol. The van der Waals surface area contributed by atoms with Crippen molar-refractivity contribution in [1.82, 2.24) is 0 Å². The predicted molar refractivity (Wildman–Crippen MR) is 72.8 cm³/mol. The molecule has 0 aliphatic rings. The molecular formula is C13H10F2IN. The first kappa shape index (κ1) is 12.3. The van der Waals surface area contributed by atoms with Gasteiger partial charge in [-0.1, -0.05) is 18.2 Å². The van der Waals surface area contributed by atoms with Crippen LogP contribution in [0.25, 0.3) is 0 Å². The normalized spacial score (nSPS) is 10.3. The number of hydrogen-bond acceptors (Lipinski definition) is 1. The van der Waals surface area contributed by atoms with Gasteiger partial charge in [-0.05, 0) is 46.9 Å². The minimum Gasteiger partial charge on any atom is -0.381 e. The number of anilines is 1. The first-order chi connectivity index (χ1) is 8.16. The monoisotopic (exact) mass is 345 g/mol. The van der Waals surface area contributed by atoms with E-state index in [4.69, 9.17) is 0 Å². The summed E-state index contributed by atoms with van der Waals surface area (Å²) in [6.45, 7) is 0.268. The zero-order valence-corrected chi connectivity index (χ0v) is 11.0. The lowest BCUT2D eigenvalue weighted by atomic mass is 10.2.